The van der Waals surface area contributed by atoms with Crippen molar-refractivity contribution in [3.63, 3.8) is 0 Å². The van der Waals surface area contributed by atoms with Gasteiger partial charge in [0.1, 0.15) is 0 Å². The summed E-state index contributed by atoms with van der Waals surface area (Å²) < 4.78 is 0. The van der Waals surface area contributed by atoms with E-state index in [4.69, 9.17) is 4.98 Å². The van der Waals surface area contributed by atoms with Crippen LogP contribution in [-0.4, -0.2) is 4.98 Å². The lowest BCUT2D eigenvalue weighted by atomic mass is 9.84. The number of fused-ring (bicyclic) bond motifs is 1. The Hall–Kier alpha value is -2.15. The molecule has 0 aliphatic rings. The summed E-state index contributed by atoms with van der Waals surface area (Å²) in [6, 6.07) is 13.7. The van der Waals surface area contributed by atoms with E-state index in [2.05, 4.69) is 91.8 Å². The fourth-order valence-electron chi connectivity index (χ4n) is 4.66. The maximum Gasteiger partial charge on any atom is 0.0715 e. The summed E-state index contributed by atoms with van der Waals surface area (Å²) in [5.74, 6) is 1.93. The van der Waals surface area contributed by atoms with Gasteiger partial charge >= 0.3 is 0 Å². The summed E-state index contributed by atoms with van der Waals surface area (Å²) in [5, 5.41) is 1.35. The number of hydrogen-bond acceptors (Lipinski definition) is 1. The van der Waals surface area contributed by atoms with Gasteiger partial charge in [0, 0.05) is 10.9 Å². The van der Waals surface area contributed by atoms with Crippen LogP contribution in [0.4, 0.5) is 0 Å². The van der Waals surface area contributed by atoms with Crippen LogP contribution in [0.2, 0.25) is 0 Å². The molecule has 0 aliphatic heterocycles. The van der Waals surface area contributed by atoms with E-state index in [1.807, 2.05) is 0 Å². The normalized spacial score (nSPS) is 12.0. The molecule has 3 rings (SSSR count). The lowest BCUT2D eigenvalue weighted by Crippen LogP contribution is -2.10. The van der Waals surface area contributed by atoms with Gasteiger partial charge in [0.25, 0.3) is 0 Å². The van der Waals surface area contributed by atoms with Crippen LogP contribution in [0, 0.1) is 31.6 Å². The molecule has 3 aromatic rings. The first-order valence-electron chi connectivity index (χ1n) is 11.7. The molecular formula is C29H39N. The number of aromatic nitrogens is 1. The van der Waals surface area contributed by atoms with Gasteiger partial charge in [-0.3, -0.25) is 0 Å². The number of rotatable bonds is 7. The standard InChI is InChI=1S/C29H39N/c1-18(2)11-23-17-29-25(27(13-20(5)6)26(23)12-19(3)4)9-10-28(30-29)24-15-21(7)14-22(8)16-24/h9-10,14-20H,11-13H2,1-8H3. The van der Waals surface area contributed by atoms with Gasteiger partial charge < -0.3 is 0 Å². The monoisotopic (exact) mass is 401 g/mol. The number of nitrogens with zero attached hydrogens (tertiary/aromatic N) is 1. The largest absolute Gasteiger partial charge is 0.248 e. The van der Waals surface area contributed by atoms with Crippen LogP contribution in [0.5, 0.6) is 0 Å². The summed E-state index contributed by atoms with van der Waals surface area (Å²) in [6.45, 7) is 18.3. The van der Waals surface area contributed by atoms with E-state index >= 15 is 0 Å². The first-order valence-corrected chi connectivity index (χ1v) is 11.7. The van der Waals surface area contributed by atoms with Crippen LogP contribution < -0.4 is 0 Å². The quantitative estimate of drug-likeness (QED) is 0.389. The summed E-state index contributed by atoms with van der Waals surface area (Å²) in [7, 11) is 0. The van der Waals surface area contributed by atoms with Gasteiger partial charge in [0.05, 0.1) is 11.2 Å². The first kappa shape index (κ1) is 22.5. The molecule has 30 heavy (non-hydrogen) atoms. The Morgan fingerprint density at radius 3 is 1.80 bits per heavy atom. The van der Waals surface area contributed by atoms with Crippen molar-refractivity contribution in [1.82, 2.24) is 4.98 Å². The highest BCUT2D eigenvalue weighted by atomic mass is 14.7. The maximum atomic E-state index is 5.18. The van der Waals surface area contributed by atoms with E-state index in [-0.39, 0.29) is 0 Å². The second kappa shape index (κ2) is 9.33. The van der Waals surface area contributed by atoms with Gasteiger partial charge in [-0.15, -0.1) is 0 Å². The van der Waals surface area contributed by atoms with Crippen molar-refractivity contribution in [2.75, 3.05) is 0 Å². The molecule has 0 saturated heterocycles. The number of benzene rings is 2. The van der Waals surface area contributed by atoms with Crippen molar-refractivity contribution < 1.29 is 0 Å². The molecule has 160 valence electrons. The molecule has 0 amide bonds. The topological polar surface area (TPSA) is 12.9 Å². The van der Waals surface area contributed by atoms with Gasteiger partial charge in [-0.1, -0.05) is 64.8 Å². The fourth-order valence-corrected chi connectivity index (χ4v) is 4.66. The van der Waals surface area contributed by atoms with Crippen LogP contribution in [0.25, 0.3) is 22.2 Å². The van der Waals surface area contributed by atoms with E-state index in [0.717, 1.165) is 30.5 Å². The van der Waals surface area contributed by atoms with E-state index in [1.165, 1.54) is 33.2 Å². The number of aryl methyl sites for hydroxylation is 2. The molecule has 0 aliphatic carbocycles. The zero-order valence-electron chi connectivity index (χ0n) is 20.3. The van der Waals surface area contributed by atoms with Crippen LogP contribution in [-0.2, 0) is 19.3 Å². The molecular weight excluding hydrogens is 362 g/mol. The van der Waals surface area contributed by atoms with E-state index < -0.39 is 0 Å². The SMILES string of the molecule is Cc1cc(C)cc(-c2ccc3c(CC(C)C)c(CC(C)C)c(CC(C)C)cc3n2)c1. The Balaban J connectivity index is 2.25. The average Bonchev–Trinajstić information content (AvgIpc) is 2.62. The fraction of sp³-hybridized carbons (Fsp3) is 0.483. The Bertz CT molecular complexity index is 1000. The minimum Gasteiger partial charge on any atom is -0.248 e. The third-order valence-electron chi connectivity index (χ3n) is 5.68. The highest BCUT2D eigenvalue weighted by Gasteiger charge is 2.18. The Morgan fingerprint density at radius 1 is 0.667 bits per heavy atom. The zero-order chi connectivity index (χ0) is 22.0. The minimum absolute atomic E-state index is 0.632. The first-order chi connectivity index (χ1) is 14.1. The lowest BCUT2D eigenvalue weighted by molar-refractivity contribution is 0.599. The van der Waals surface area contributed by atoms with Crippen LogP contribution >= 0.6 is 0 Å². The van der Waals surface area contributed by atoms with E-state index in [1.54, 1.807) is 5.56 Å². The van der Waals surface area contributed by atoms with Gasteiger partial charge in [0.15, 0.2) is 0 Å². The summed E-state index contributed by atoms with van der Waals surface area (Å²) in [5.41, 5.74) is 10.7. The van der Waals surface area contributed by atoms with Gasteiger partial charge in [-0.2, -0.15) is 0 Å². The molecule has 0 atom stereocenters. The molecule has 1 nitrogen and oxygen atoms in total. The molecule has 0 fully saturated rings. The summed E-state index contributed by atoms with van der Waals surface area (Å²) in [6.07, 6.45) is 3.40. The second-order valence-corrected chi connectivity index (χ2v) is 10.4. The Labute approximate surface area is 183 Å². The van der Waals surface area contributed by atoms with Crippen molar-refractivity contribution in [2.45, 2.75) is 74.7 Å². The molecule has 0 saturated carbocycles. The van der Waals surface area contributed by atoms with E-state index in [0.29, 0.717) is 17.8 Å². The predicted molar refractivity (Wildman–Crippen MR) is 132 cm³/mol. The van der Waals surface area contributed by atoms with Crippen molar-refractivity contribution >= 4 is 10.9 Å². The molecule has 2 aromatic carbocycles. The molecule has 0 spiro atoms. The van der Waals surface area contributed by atoms with Crippen LogP contribution in [0.1, 0.15) is 69.4 Å². The van der Waals surface area contributed by atoms with Crippen LogP contribution in [0.15, 0.2) is 36.4 Å². The maximum absolute atomic E-state index is 5.18. The molecule has 1 heteroatoms. The lowest BCUT2D eigenvalue weighted by Gasteiger charge is -2.22. The van der Waals surface area contributed by atoms with Crippen molar-refractivity contribution in [1.29, 1.82) is 0 Å². The van der Waals surface area contributed by atoms with Crippen molar-refractivity contribution in [3.8, 4) is 11.3 Å². The highest BCUT2D eigenvalue weighted by molar-refractivity contribution is 5.87. The van der Waals surface area contributed by atoms with Crippen LogP contribution in [0.3, 0.4) is 0 Å². The molecule has 1 aromatic heterocycles. The predicted octanol–water partition coefficient (Wildman–Crippen LogP) is 8.11. The molecule has 1 heterocycles. The smallest absolute Gasteiger partial charge is 0.0715 e. The molecule has 0 bridgehead atoms. The summed E-state index contributed by atoms with van der Waals surface area (Å²) >= 11 is 0. The average molecular weight is 402 g/mol. The summed E-state index contributed by atoms with van der Waals surface area (Å²) in [4.78, 5) is 5.18. The number of hydrogen-bond donors (Lipinski definition) is 0. The van der Waals surface area contributed by atoms with Gasteiger partial charge in [-0.05, 0) is 91.8 Å². The third kappa shape index (κ3) is 5.31. The molecule has 0 N–H and O–H groups in total. The van der Waals surface area contributed by atoms with Gasteiger partial charge in [-0.25, -0.2) is 4.98 Å². The van der Waals surface area contributed by atoms with E-state index in [9.17, 15) is 0 Å². The third-order valence-corrected chi connectivity index (χ3v) is 5.68. The number of pyridine rings is 1. The Morgan fingerprint density at radius 2 is 1.23 bits per heavy atom. The zero-order valence-corrected chi connectivity index (χ0v) is 20.3. The van der Waals surface area contributed by atoms with Crippen molar-refractivity contribution in [2.24, 2.45) is 17.8 Å². The van der Waals surface area contributed by atoms with Crippen molar-refractivity contribution in [3.05, 3.63) is 64.2 Å². The Kier molecular flexibility index (Phi) is 7.01. The molecule has 0 radical (unpaired) electrons. The van der Waals surface area contributed by atoms with Gasteiger partial charge in [0.2, 0.25) is 0 Å². The second-order valence-electron chi connectivity index (χ2n) is 10.4. The highest BCUT2D eigenvalue weighted by Crippen LogP contribution is 2.33. The molecule has 0 unspecified atom stereocenters. The minimum atomic E-state index is 0.632.